The van der Waals surface area contributed by atoms with E-state index in [4.69, 9.17) is 4.74 Å². The summed E-state index contributed by atoms with van der Waals surface area (Å²) in [4.78, 5) is 26.2. The van der Waals surface area contributed by atoms with E-state index in [2.05, 4.69) is 9.62 Å². The summed E-state index contributed by atoms with van der Waals surface area (Å²) in [7, 11) is -1.95. The Morgan fingerprint density at radius 1 is 1.33 bits per heavy atom. The SMILES string of the molecule is COC(=O)CCCN1C[C@H]2C[C@@H](C1)[C@H](CNS(C)(=O)=O)n1c2cccc1=O. The average Bonchev–Trinajstić information content (AvgIpc) is 2.61. The molecule has 3 rings (SSSR count). The van der Waals surface area contributed by atoms with Crippen molar-refractivity contribution < 1.29 is 17.9 Å². The molecule has 0 saturated carbocycles. The Bertz CT molecular complexity index is 851. The van der Waals surface area contributed by atoms with E-state index in [0.717, 1.165) is 44.4 Å². The van der Waals surface area contributed by atoms with E-state index in [-0.39, 0.29) is 36.0 Å². The molecule has 8 nitrogen and oxygen atoms in total. The molecule has 27 heavy (non-hydrogen) atoms. The van der Waals surface area contributed by atoms with Crippen LogP contribution in [0.5, 0.6) is 0 Å². The number of nitrogens with one attached hydrogen (secondary N) is 1. The number of esters is 1. The number of fused-ring (bicyclic) bond motifs is 4. The summed E-state index contributed by atoms with van der Waals surface area (Å²) in [6.07, 6.45) is 3.18. The summed E-state index contributed by atoms with van der Waals surface area (Å²) >= 11 is 0. The molecular formula is C18H27N3O5S. The van der Waals surface area contributed by atoms with Gasteiger partial charge in [-0.3, -0.25) is 9.59 Å². The monoisotopic (exact) mass is 397 g/mol. The van der Waals surface area contributed by atoms with Crippen molar-refractivity contribution in [2.24, 2.45) is 5.92 Å². The fraction of sp³-hybridized carbons (Fsp3) is 0.667. The van der Waals surface area contributed by atoms with Gasteiger partial charge in [0.2, 0.25) is 10.0 Å². The zero-order valence-electron chi connectivity index (χ0n) is 15.8. The maximum Gasteiger partial charge on any atom is 0.305 e. The van der Waals surface area contributed by atoms with Gasteiger partial charge in [-0.1, -0.05) is 6.07 Å². The second kappa shape index (κ2) is 8.12. The van der Waals surface area contributed by atoms with Crippen LogP contribution < -0.4 is 10.3 Å². The summed E-state index contributed by atoms with van der Waals surface area (Å²) in [6.45, 7) is 2.62. The lowest BCUT2D eigenvalue weighted by atomic mass is 9.78. The van der Waals surface area contributed by atoms with Gasteiger partial charge >= 0.3 is 5.97 Å². The number of nitrogens with zero attached hydrogens (tertiary/aromatic N) is 2. The van der Waals surface area contributed by atoms with E-state index in [1.807, 2.05) is 6.07 Å². The van der Waals surface area contributed by atoms with Gasteiger partial charge in [0, 0.05) is 43.7 Å². The first-order valence-corrected chi connectivity index (χ1v) is 11.1. The normalized spacial score (nSPS) is 25.0. The van der Waals surface area contributed by atoms with Gasteiger partial charge in [0.25, 0.3) is 5.56 Å². The fourth-order valence-corrected chi connectivity index (χ4v) is 4.84. The van der Waals surface area contributed by atoms with Gasteiger partial charge in [0.15, 0.2) is 0 Å². The van der Waals surface area contributed by atoms with E-state index in [9.17, 15) is 18.0 Å². The Morgan fingerprint density at radius 2 is 2.11 bits per heavy atom. The van der Waals surface area contributed by atoms with Crippen LogP contribution in [0, 0.1) is 5.92 Å². The van der Waals surface area contributed by atoms with E-state index in [0.29, 0.717) is 6.42 Å². The number of ether oxygens (including phenoxy) is 1. The third-order valence-corrected chi connectivity index (χ3v) is 6.20. The topological polar surface area (TPSA) is 97.7 Å². The van der Waals surface area contributed by atoms with Crippen LogP contribution in [-0.2, 0) is 19.6 Å². The van der Waals surface area contributed by atoms with Crippen molar-refractivity contribution in [3.05, 3.63) is 34.2 Å². The molecule has 3 heterocycles. The van der Waals surface area contributed by atoms with Crippen molar-refractivity contribution in [1.82, 2.24) is 14.2 Å². The minimum atomic E-state index is -3.34. The first-order valence-electron chi connectivity index (χ1n) is 9.23. The molecule has 1 saturated heterocycles. The lowest BCUT2D eigenvalue weighted by molar-refractivity contribution is -0.140. The number of piperidine rings is 1. The van der Waals surface area contributed by atoms with Gasteiger partial charge in [-0.15, -0.1) is 0 Å². The molecule has 150 valence electrons. The van der Waals surface area contributed by atoms with Gasteiger partial charge in [0.05, 0.1) is 19.4 Å². The number of aromatic nitrogens is 1. The summed E-state index contributed by atoms with van der Waals surface area (Å²) in [5.74, 6) is 0.216. The summed E-state index contributed by atoms with van der Waals surface area (Å²) < 4.78 is 32.2. The Balaban J connectivity index is 1.80. The molecular weight excluding hydrogens is 370 g/mol. The van der Waals surface area contributed by atoms with Gasteiger partial charge < -0.3 is 14.2 Å². The van der Waals surface area contributed by atoms with Crippen LogP contribution in [0.2, 0.25) is 0 Å². The molecule has 1 aromatic heterocycles. The molecule has 0 spiro atoms. The molecule has 0 unspecified atom stereocenters. The molecule has 2 bridgehead atoms. The molecule has 2 aliphatic rings. The molecule has 0 radical (unpaired) electrons. The molecule has 2 aliphatic heterocycles. The van der Waals surface area contributed by atoms with Crippen LogP contribution in [0.3, 0.4) is 0 Å². The predicted molar refractivity (Wildman–Crippen MR) is 101 cm³/mol. The van der Waals surface area contributed by atoms with Gasteiger partial charge in [-0.25, -0.2) is 13.1 Å². The van der Waals surface area contributed by atoms with Crippen molar-refractivity contribution in [2.75, 3.05) is 39.5 Å². The first kappa shape index (κ1) is 20.0. The largest absolute Gasteiger partial charge is 0.469 e. The number of hydrogen-bond donors (Lipinski definition) is 1. The van der Waals surface area contributed by atoms with Crippen LogP contribution in [0.25, 0.3) is 0 Å². The molecule has 3 atom stereocenters. The molecule has 1 fully saturated rings. The van der Waals surface area contributed by atoms with Crippen LogP contribution in [0.4, 0.5) is 0 Å². The van der Waals surface area contributed by atoms with Gasteiger partial charge in [0.1, 0.15) is 0 Å². The number of carbonyl (C=O) groups is 1. The van der Waals surface area contributed by atoms with E-state index < -0.39 is 10.0 Å². The predicted octanol–water partition coefficient (Wildman–Crippen LogP) is 0.311. The van der Waals surface area contributed by atoms with Crippen molar-refractivity contribution in [1.29, 1.82) is 0 Å². The Labute approximate surface area is 159 Å². The van der Waals surface area contributed by atoms with Crippen molar-refractivity contribution >= 4 is 16.0 Å². The summed E-state index contributed by atoms with van der Waals surface area (Å²) in [5.41, 5.74) is 0.887. The standard InChI is InChI=1S/C18H27N3O5S/c1-26-18(23)7-4-8-20-11-13-9-14(12-20)16(10-19-27(2,24)25)21-15(13)5-3-6-17(21)22/h3,5-6,13-14,16,19H,4,7-12H2,1-2H3/t13-,14+,16+/m1/s1. The molecule has 0 aromatic carbocycles. The number of carbonyl (C=O) groups excluding carboxylic acids is 1. The third-order valence-electron chi connectivity index (χ3n) is 5.51. The highest BCUT2D eigenvalue weighted by Crippen LogP contribution is 2.40. The maximum atomic E-state index is 12.5. The average molecular weight is 397 g/mol. The quantitative estimate of drug-likeness (QED) is 0.665. The number of hydrogen-bond acceptors (Lipinski definition) is 6. The number of likely N-dealkylation sites (tertiary alicyclic amines) is 1. The maximum absolute atomic E-state index is 12.5. The van der Waals surface area contributed by atoms with E-state index >= 15 is 0 Å². The number of methoxy groups -OCH3 is 1. The Kier molecular flexibility index (Phi) is 6.02. The van der Waals surface area contributed by atoms with Crippen LogP contribution in [0.15, 0.2) is 23.0 Å². The smallest absolute Gasteiger partial charge is 0.305 e. The molecule has 0 amide bonds. The highest BCUT2D eigenvalue weighted by molar-refractivity contribution is 7.88. The number of rotatable bonds is 7. The van der Waals surface area contributed by atoms with Crippen molar-refractivity contribution in [3.8, 4) is 0 Å². The van der Waals surface area contributed by atoms with Gasteiger partial charge in [-0.05, 0) is 31.4 Å². The highest BCUT2D eigenvalue weighted by Gasteiger charge is 2.40. The van der Waals surface area contributed by atoms with Crippen LogP contribution >= 0.6 is 0 Å². The lowest BCUT2D eigenvalue weighted by Gasteiger charge is -2.47. The van der Waals surface area contributed by atoms with Crippen LogP contribution in [0.1, 0.15) is 36.9 Å². The van der Waals surface area contributed by atoms with Crippen molar-refractivity contribution in [2.45, 2.75) is 31.2 Å². The highest BCUT2D eigenvalue weighted by atomic mass is 32.2. The minimum Gasteiger partial charge on any atom is -0.469 e. The minimum absolute atomic E-state index is 0.0818. The molecule has 0 aliphatic carbocycles. The van der Waals surface area contributed by atoms with Crippen LogP contribution in [-0.4, -0.2) is 63.4 Å². The molecule has 1 N–H and O–H groups in total. The van der Waals surface area contributed by atoms with Crippen molar-refractivity contribution in [3.63, 3.8) is 0 Å². The number of pyridine rings is 1. The fourth-order valence-electron chi connectivity index (χ4n) is 4.37. The van der Waals surface area contributed by atoms with Gasteiger partial charge in [-0.2, -0.15) is 0 Å². The molecule has 1 aromatic rings. The Morgan fingerprint density at radius 3 is 2.81 bits per heavy atom. The Hall–Kier alpha value is -1.71. The zero-order chi connectivity index (χ0) is 19.6. The zero-order valence-corrected chi connectivity index (χ0v) is 16.6. The summed E-state index contributed by atoms with van der Waals surface area (Å²) in [5, 5.41) is 0. The molecule has 9 heteroatoms. The third kappa shape index (κ3) is 4.77. The van der Waals surface area contributed by atoms with E-state index in [1.165, 1.54) is 13.2 Å². The lowest BCUT2D eigenvalue weighted by Crippen LogP contribution is -2.52. The second-order valence-corrected chi connectivity index (χ2v) is 9.31. The second-order valence-electron chi connectivity index (χ2n) is 7.48. The summed E-state index contributed by atoms with van der Waals surface area (Å²) in [6, 6.07) is 5.06. The number of sulfonamides is 1. The van der Waals surface area contributed by atoms with E-state index in [1.54, 1.807) is 10.6 Å². The first-order chi connectivity index (χ1) is 12.8.